The maximum absolute atomic E-state index is 6.52. The monoisotopic (exact) mass is 878 g/mol. The van der Waals surface area contributed by atoms with Gasteiger partial charge >= 0.3 is 0 Å². The molecule has 0 saturated heterocycles. The van der Waals surface area contributed by atoms with Gasteiger partial charge in [-0.2, -0.15) is 12.1 Å². The predicted octanol–water partition coefficient (Wildman–Crippen LogP) is 11.5. The first-order chi connectivity index (χ1) is 24.9. The fourth-order valence-electron chi connectivity index (χ4n) is 6.84. The second-order valence-electron chi connectivity index (χ2n) is 15.9. The van der Waals surface area contributed by atoms with Gasteiger partial charge in [-0.3, -0.25) is 4.98 Å². The number of pyridine rings is 3. The van der Waals surface area contributed by atoms with Gasteiger partial charge in [0.25, 0.3) is 0 Å². The van der Waals surface area contributed by atoms with Crippen LogP contribution in [0.25, 0.3) is 27.6 Å². The zero-order valence-corrected chi connectivity index (χ0v) is 33.6. The molecular formula is C45H43N6OPt-3. The summed E-state index contributed by atoms with van der Waals surface area (Å²) in [6.07, 6.45) is 7.60. The SMILES string of the molecule is CC(C)c1cnc(N2[CH-]N(c3[c-]c(Oc4[c-]c5c(cc4)c4ccccc4n5-c4cc(C(C)(C)C)ccn4)ccc3)c3cnccc32)c(C(C)(C)C)c1.[Pt]. The zero-order chi connectivity index (χ0) is 36.4. The number of benzene rings is 3. The summed E-state index contributed by atoms with van der Waals surface area (Å²) in [6, 6.07) is 34.1. The first-order valence-corrected chi connectivity index (χ1v) is 17.9. The third-order valence-electron chi connectivity index (χ3n) is 9.75. The Hall–Kier alpha value is -5.00. The standard InChI is InChI=1S/C45H43N6O.Pt/c1-29(2)30-22-37(45(6,7)8)43(48-26-30)50-28-49(41-27-46-20-19-39(41)50)32-12-11-13-33(24-32)52-34-16-17-36-35-14-9-10-15-38(35)51(40(36)25-34)42-23-31(18-21-47-42)44(3,4)5;/h9-23,26-29H,1-8H3;/q-3;. The van der Waals surface area contributed by atoms with Crippen molar-refractivity contribution < 1.29 is 25.8 Å². The second-order valence-corrected chi connectivity index (χ2v) is 15.9. The van der Waals surface area contributed by atoms with Gasteiger partial charge in [0.05, 0.1) is 5.69 Å². The second kappa shape index (κ2) is 13.8. The number of hydrogen-bond acceptors (Lipinski definition) is 6. The van der Waals surface area contributed by atoms with E-state index in [9.17, 15) is 0 Å². The van der Waals surface area contributed by atoms with Crippen LogP contribution in [0.1, 0.15) is 78.0 Å². The molecule has 0 radical (unpaired) electrons. The molecule has 0 atom stereocenters. The van der Waals surface area contributed by atoms with Gasteiger partial charge in [-0.05, 0) is 69.2 Å². The minimum absolute atomic E-state index is 0. The van der Waals surface area contributed by atoms with Crippen molar-refractivity contribution >= 4 is 44.7 Å². The van der Waals surface area contributed by atoms with E-state index in [0.29, 0.717) is 17.4 Å². The Morgan fingerprint density at radius 2 is 1.51 bits per heavy atom. The zero-order valence-electron chi connectivity index (χ0n) is 31.4. The van der Waals surface area contributed by atoms with Gasteiger partial charge in [0.2, 0.25) is 0 Å². The number of rotatable bonds is 6. The number of anilines is 4. The largest absolute Gasteiger partial charge is 0.509 e. The fraction of sp³-hybridized carbons (Fsp3) is 0.244. The molecule has 0 bridgehead atoms. The number of fused-ring (bicyclic) bond motifs is 4. The Bertz CT molecular complexity index is 2460. The van der Waals surface area contributed by atoms with E-state index in [1.165, 1.54) is 16.7 Å². The van der Waals surface area contributed by atoms with E-state index in [4.69, 9.17) is 14.7 Å². The van der Waals surface area contributed by atoms with Crippen LogP contribution in [0.2, 0.25) is 0 Å². The van der Waals surface area contributed by atoms with E-state index >= 15 is 0 Å². The van der Waals surface area contributed by atoms with Crippen LogP contribution < -0.4 is 14.5 Å². The van der Waals surface area contributed by atoms with Crippen LogP contribution in [0, 0.1) is 18.8 Å². The summed E-state index contributed by atoms with van der Waals surface area (Å²) in [6.45, 7) is 19.9. The molecule has 4 aromatic heterocycles. The van der Waals surface area contributed by atoms with Crippen molar-refractivity contribution in [1.29, 1.82) is 0 Å². The molecule has 1 aliphatic heterocycles. The molecule has 0 N–H and O–H groups in total. The molecule has 7 nitrogen and oxygen atoms in total. The summed E-state index contributed by atoms with van der Waals surface area (Å²) in [5.74, 6) is 3.31. The van der Waals surface area contributed by atoms with Crippen molar-refractivity contribution in [2.75, 3.05) is 9.80 Å². The third-order valence-corrected chi connectivity index (χ3v) is 9.75. The van der Waals surface area contributed by atoms with Gasteiger partial charge in [0.1, 0.15) is 11.6 Å². The van der Waals surface area contributed by atoms with Crippen molar-refractivity contribution in [3.63, 3.8) is 0 Å². The number of para-hydroxylation sites is 1. The van der Waals surface area contributed by atoms with Crippen LogP contribution in [0.3, 0.4) is 0 Å². The predicted molar refractivity (Wildman–Crippen MR) is 211 cm³/mol. The van der Waals surface area contributed by atoms with Gasteiger partial charge in [0.15, 0.2) is 0 Å². The molecule has 3 aromatic carbocycles. The molecule has 0 saturated carbocycles. The quantitative estimate of drug-likeness (QED) is 0.155. The van der Waals surface area contributed by atoms with Crippen LogP contribution in [0.15, 0.2) is 104 Å². The van der Waals surface area contributed by atoms with E-state index in [0.717, 1.165) is 50.5 Å². The fourth-order valence-corrected chi connectivity index (χ4v) is 6.84. The molecular weight excluding hydrogens is 836 g/mol. The van der Waals surface area contributed by atoms with E-state index in [2.05, 4.69) is 142 Å². The minimum Gasteiger partial charge on any atom is -0.509 e. The summed E-state index contributed by atoms with van der Waals surface area (Å²) in [4.78, 5) is 18.6. The minimum atomic E-state index is -0.115. The van der Waals surface area contributed by atoms with Gasteiger partial charge in [-0.25, -0.2) is 9.97 Å². The van der Waals surface area contributed by atoms with E-state index < -0.39 is 0 Å². The maximum Gasteiger partial charge on any atom is 0.135 e. The smallest absolute Gasteiger partial charge is 0.135 e. The molecule has 272 valence electrons. The molecule has 0 amide bonds. The number of aromatic nitrogens is 4. The van der Waals surface area contributed by atoms with Crippen LogP contribution in [-0.4, -0.2) is 19.5 Å². The molecule has 1 aliphatic rings. The van der Waals surface area contributed by atoms with Crippen LogP contribution in [0.4, 0.5) is 22.9 Å². The molecule has 7 aromatic rings. The van der Waals surface area contributed by atoms with Gasteiger partial charge < -0.3 is 19.1 Å². The molecule has 0 spiro atoms. The number of ether oxygens (including phenoxy) is 1. The van der Waals surface area contributed by atoms with Crippen molar-refractivity contribution in [3.05, 3.63) is 139 Å². The third kappa shape index (κ3) is 6.72. The molecule has 8 rings (SSSR count). The molecule has 0 fully saturated rings. The summed E-state index contributed by atoms with van der Waals surface area (Å²) >= 11 is 0. The molecule has 53 heavy (non-hydrogen) atoms. The Morgan fingerprint density at radius 3 is 2.28 bits per heavy atom. The van der Waals surface area contributed by atoms with Crippen molar-refractivity contribution in [1.82, 2.24) is 19.5 Å². The van der Waals surface area contributed by atoms with Crippen molar-refractivity contribution in [2.45, 2.75) is 72.1 Å². The first-order valence-electron chi connectivity index (χ1n) is 17.9. The van der Waals surface area contributed by atoms with E-state index in [1.807, 2.05) is 55.1 Å². The van der Waals surface area contributed by atoms with Crippen LogP contribution in [0.5, 0.6) is 11.5 Å². The molecule has 8 heteroatoms. The Labute approximate surface area is 326 Å². The van der Waals surface area contributed by atoms with Crippen LogP contribution in [-0.2, 0) is 31.9 Å². The Kier molecular flexibility index (Phi) is 9.44. The van der Waals surface area contributed by atoms with Gasteiger partial charge in [-0.1, -0.05) is 79.1 Å². The van der Waals surface area contributed by atoms with Crippen molar-refractivity contribution in [2.24, 2.45) is 0 Å². The van der Waals surface area contributed by atoms with Crippen molar-refractivity contribution in [3.8, 4) is 17.3 Å². The number of nitrogens with zero attached hydrogens (tertiary/aromatic N) is 6. The van der Waals surface area contributed by atoms with E-state index in [1.54, 1.807) is 0 Å². The summed E-state index contributed by atoms with van der Waals surface area (Å²) in [7, 11) is 0. The summed E-state index contributed by atoms with van der Waals surface area (Å²) < 4.78 is 8.70. The first kappa shape index (κ1) is 36.4. The Balaban J connectivity index is 0.00000435. The van der Waals surface area contributed by atoms with E-state index in [-0.39, 0.29) is 31.9 Å². The summed E-state index contributed by atoms with van der Waals surface area (Å²) in [5, 5.41) is 2.23. The number of hydrogen-bond donors (Lipinski definition) is 0. The summed E-state index contributed by atoms with van der Waals surface area (Å²) in [5.41, 5.74) is 8.24. The van der Waals surface area contributed by atoms with Gasteiger partial charge in [0, 0.05) is 68.6 Å². The maximum atomic E-state index is 6.52. The average Bonchev–Trinajstić information content (AvgIpc) is 3.67. The molecule has 5 heterocycles. The molecule has 0 aliphatic carbocycles. The average molecular weight is 879 g/mol. The Morgan fingerprint density at radius 1 is 0.717 bits per heavy atom. The van der Waals surface area contributed by atoms with Gasteiger partial charge in [-0.15, -0.1) is 48.1 Å². The normalized spacial score (nSPS) is 13.2. The van der Waals surface area contributed by atoms with Crippen LogP contribution >= 0.6 is 0 Å². The topological polar surface area (TPSA) is 59.3 Å². The molecule has 0 unspecified atom stereocenters.